The van der Waals surface area contributed by atoms with Crippen LogP contribution in [0.2, 0.25) is 0 Å². The average molecular weight is 366 g/mol. The lowest BCUT2D eigenvalue weighted by Crippen LogP contribution is -2.24. The van der Waals surface area contributed by atoms with Crippen LogP contribution >= 0.6 is 0 Å². The monoisotopic (exact) mass is 365 g/mol. The van der Waals surface area contributed by atoms with Crippen molar-refractivity contribution < 1.29 is 0 Å². The average Bonchev–Trinajstić information content (AvgIpc) is 2.98. The summed E-state index contributed by atoms with van der Waals surface area (Å²) in [5, 5.41) is 12.5. The molecule has 2 aliphatic rings. The zero-order valence-electron chi connectivity index (χ0n) is 16.3. The minimum absolute atomic E-state index is 0.202. The van der Waals surface area contributed by atoms with Crippen molar-refractivity contribution >= 4 is 5.82 Å². The van der Waals surface area contributed by atoms with Crippen molar-refractivity contribution in [1.82, 2.24) is 14.9 Å². The molecule has 2 heterocycles. The highest BCUT2D eigenvalue weighted by molar-refractivity contribution is 5.53. The van der Waals surface area contributed by atoms with E-state index in [2.05, 4.69) is 32.0 Å². The molecule has 0 atom stereocenters. The molecule has 1 saturated heterocycles. The van der Waals surface area contributed by atoms with Crippen LogP contribution in [0.3, 0.4) is 0 Å². The summed E-state index contributed by atoms with van der Waals surface area (Å²) in [6.07, 6.45) is 14.9. The Balaban J connectivity index is 1.58. The van der Waals surface area contributed by atoms with Crippen molar-refractivity contribution in [1.29, 1.82) is 5.26 Å². The fourth-order valence-electron chi connectivity index (χ4n) is 4.07. The van der Waals surface area contributed by atoms with Gasteiger partial charge in [-0.25, -0.2) is 9.97 Å². The smallest absolute Gasteiger partial charge is 0.234 e. The first kappa shape index (κ1) is 19.6. The van der Waals surface area contributed by atoms with Crippen LogP contribution in [0.5, 0.6) is 0 Å². The van der Waals surface area contributed by atoms with E-state index in [9.17, 15) is 0 Å². The van der Waals surface area contributed by atoms with Crippen LogP contribution in [-0.2, 0) is 0 Å². The Kier molecular flexibility index (Phi) is 7.93. The summed E-state index contributed by atoms with van der Waals surface area (Å²) >= 11 is 0. The van der Waals surface area contributed by atoms with Gasteiger partial charge in [0.05, 0.1) is 12.1 Å². The molecule has 144 valence electrons. The quantitative estimate of drug-likeness (QED) is 0.800. The molecule has 1 saturated carbocycles. The van der Waals surface area contributed by atoms with E-state index in [1.165, 1.54) is 57.8 Å². The molecule has 0 bridgehead atoms. The molecular weight excluding hydrogens is 334 g/mol. The maximum absolute atomic E-state index is 9.11. The van der Waals surface area contributed by atoms with Crippen molar-refractivity contribution in [3.05, 3.63) is 17.6 Å². The molecule has 5 nitrogen and oxygen atoms in total. The molecule has 0 unspecified atom stereocenters. The largest absolute Gasteiger partial charge is 0.369 e. The van der Waals surface area contributed by atoms with Gasteiger partial charge in [-0.3, -0.25) is 4.90 Å². The number of hydrogen-bond donors (Lipinski definition) is 1. The standard InChI is InChI=1S/C22H31N5/c23-17-21-25-18-20(11-8-16-27-14-6-1-2-7-15-27)22(26-21)24-13-12-19-9-4-3-5-10-19/h18-19H,1-7,9-10,12-16H2,(H,24,25,26). The molecular formula is C22H31N5. The number of aromatic nitrogens is 2. The van der Waals surface area contributed by atoms with Crippen LogP contribution in [0.4, 0.5) is 5.82 Å². The van der Waals surface area contributed by atoms with Crippen molar-refractivity contribution in [3.8, 4) is 17.9 Å². The Morgan fingerprint density at radius 2 is 1.81 bits per heavy atom. The fraction of sp³-hybridized carbons (Fsp3) is 0.682. The van der Waals surface area contributed by atoms with Gasteiger partial charge < -0.3 is 5.32 Å². The molecule has 1 aromatic rings. The lowest BCUT2D eigenvalue weighted by atomic mass is 9.87. The molecule has 2 fully saturated rings. The Bertz CT molecular complexity index is 683. The number of hydrogen-bond acceptors (Lipinski definition) is 5. The zero-order valence-corrected chi connectivity index (χ0v) is 16.3. The highest BCUT2D eigenvalue weighted by Gasteiger charge is 2.13. The predicted molar refractivity (Wildman–Crippen MR) is 108 cm³/mol. The fourth-order valence-corrected chi connectivity index (χ4v) is 4.07. The number of nitrogens with one attached hydrogen (secondary N) is 1. The van der Waals surface area contributed by atoms with Crippen LogP contribution in [0, 0.1) is 29.1 Å². The molecule has 1 aliphatic carbocycles. The molecule has 0 amide bonds. The third kappa shape index (κ3) is 6.52. The van der Waals surface area contributed by atoms with E-state index in [0.717, 1.165) is 44.1 Å². The van der Waals surface area contributed by atoms with Gasteiger partial charge in [-0.05, 0) is 38.3 Å². The molecule has 27 heavy (non-hydrogen) atoms. The number of nitriles is 1. The summed E-state index contributed by atoms with van der Waals surface area (Å²) in [7, 11) is 0. The second kappa shape index (κ2) is 10.9. The Hall–Kier alpha value is -2.11. The van der Waals surface area contributed by atoms with E-state index >= 15 is 0 Å². The van der Waals surface area contributed by atoms with Gasteiger partial charge in [0.25, 0.3) is 0 Å². The Morgan fingerprint density at radius 3 is 2.56 bits per heavy atom. The summed E-state index contributed by atoms with van der Waals surface area (Å²) in [5.41, 5.74) is 0.799. The van der Waals surface area contributed by atoms with Crippen molar-refractivity contribution in [2.75, 3.05) is 31.5 Å². The minimum atomic E-state index is 0.202. The van der Waals surface area contributed by atoms with E-state index in [4.69, 9.17) is 5.26 Å². The molecule has 5 heteroatoms. The van der Waals surface area contributed by atoms with Gasteiger partial charge in [0.15, 0.2) is 0 Å². The van der Waals surface area contributed by atoms with Crippen LogP contribution in [-0.4, -0.2) is 41.0 Å². The van der Waals surface area contributed by atoms with Crippen molar-refractivity contribution in [3.63, 3.8) is 0 Å². The first-order valence-corrected chi connectivity index (χ1v) is 10.6. The molecule has 1 aliphatic heterocycles. The van der Waals surface area contributed by atoms with Gasteiger partial charge in [0, 0.05) is 12.7 Å². The van der Waals surface area contributed by atoms with Crippen LogP contribution in [0.15, 0.2) is 6.20 Å². The highest BCUT2D eigenvalue weighted by atomic mass is 15.1. The lowest BCUT2D eigenvalue weighted by Gasteiger charge is -2.21. The first-order valence-electron chi connectivity index (χ1n) is 10.6. The lowest BCUT2D eigenvalue weighted by molar-refractivity contribution is 0.320. The number of rotatable bonds is 5. The van der Waals surface area contributed by atoms with Gasteiger partial charge in [-0.2, -0.15) is 5.26 Å². The highest BCUT2D eigenvalue weighted by Crippen LogP contribution is 2.26. The predicted octanol–water partition coefficient (Wildman–Crippen LogP) is 3.96. The number of nitrogens with zero attached hydrogens (tertiary/aromatic N) is 4. The number of anilines is 1. The molecule has 0 spiro atoms. The van der Waals surface area contributed by atoms with E-state index in [1.54, 1.807) is 6.20 Å². The molecule has 3 rings (SSSR count). The van der Waals surface area contributed by atoms with Crippen LogP contribution in [0.25, 0.3) is 0 Å². The SMILES string of the molecule is N#Cc1ncc(C#CCN2CCCCCC2)c(NCCC2CCCCC2)n1. The summed E-state index contributed by atoms with van der Waals surface area (Å²) in [6.45, 7) is 3.96. The molecule has 0 radical (unpaired) electrons. The van der Waals surface area contributed by atoms with Gasteiger partial charge in [0.1, 0.15) is 11.9 Å². The second-order valence-corrected chi connectivity index (χ2v) is 7.78. The topological polar surface area (TPSA) is 64.8 Å². The second-order valence-electron chi connectivity index (χ2n) is 7.78. The third-order valence-electron chi connectivity index (χ3n) is 5.68. The maximum atomic E-state index is 9.11. The summed E-state index contributed by atoms with van der Waals surface area (Å²) in [5.74, 6) is 8.25. The van der Waals surface area contributed by atoms with E-state index < -0.39 is 0 Å². The van der Waals surface area contributed by atoms with Gasteiger partial charge in [-0.15, -0.1) is 0 Å². The third-order valence-corrected chi connectivity index (χ3v) is 5.68. The van der Waals surface area contributed by atoms with Gasteiger partial charge >= 0.3 is 0 Å². The van der Waals surface area contributed by atoms with Gasteiger partial charge in [0.2, 0.25) is 5.82 Å². The van der Waals surface area contributed by atoms with Crippen LogP contribution < -0.4 is 5.32 Å². The van der Waals surface area contributed by atoms with E-state index in [-0.39, 0.29) is 5.82 Å². The number of likely N-dealkylation sites (tertiary alicyclic amines) is 1. The normalized spacial score (nSPS) is 18.8. The summed E-state index contributed by atoms with van der Waals surface area (Å²) in [6, 6.07) is 2.03. The molecule has 1 aromatic heterocycles. The van der Waals surface area contributed by atoms with Crippen molar-refractivity contribution in [2.45, 2.75) is 64.2 Å². The molecule has 0 aromatic carbocycles. The van der Waals surface area contributed by atoms with E-state index in [0.29, 0.717) is 5.82 Å². The van der Waals surface area contributed by atoms with Crippen LogP contribution in [0.1, 0.15) is 75.6 Å². The molecule has 1 N–H and O–H groups in total. The van der Waals surface area contributed by atoms with E-state index in [1.807, 2.05) is 6.07 Å². The Labute approximate surface area is 163 Å². The maximum Gasteiger partial charge on any atom is 0.234 e. The minimum Gasteiger partial charge on any atom is -0.369 e. The Morgan fingerprint density at radius 1 is 1.07 bits per heavy atom. The summed E-state index contributed by atoms with van der Waals surface area (Å²) < 4.78 is 0. The first-order chi connectivity index (χ1) is 13.3. The summed E-state index contributed by atoms with van der Waals surface area (Å²) in [4.78, 5) is 10.9. The van der Waals surface area contributed by atoms with Crippen molar-refractivity contribution in [2.24, 2.45) is 5.92 Å². The van der Waals surface area contributed by atoms with Gasteiger partial charge in [-0.1, -0.05) is 56.8 Å². The zero-order chi connectivity index (χ0) is 18.7.